The highest BCUT2D eigenvalue weighted by atomic mass is 16.6. The van der Waals surface area contributed by atoms with Gasteiger partial charge in [-0.1, -0.05) is 49.7 Å². The number of aromatic nitrogens is 1. The molecule has 0 spiro atoms. The molecule has 0 radical (unpaired) electrons. The first-order valence-electron chi connectivity index (χ1n) is 12.9. The maximum Gasteiger partial charge on any atom is 0.407 e. The zero-order valence-electron chi connectivity index (χ0n) is 23.5. The van der Waals surface area contributed by atoms with E-state index >= 15 is 0 Å². The summed E-state index contributed by atoms with van der Waals surface area (Å²) >= 11 is 0. The third-order valence-corrected chi connectivity index (χ3v) is 5.94. The van der Waals surface area contributed by atoms with E-state index in [4.69, 9.17) is 20.2 Å². The molecule has 7 heteroatoms. The number of hydrogen-bond acceptors (Lipinski definition) is 5. The summed E-state index contributed by atoms with van der Waals surface area (Å²) in [7, 11) is 0. The van der Waals surface area contributed by atoms with E-state index in [2.05, 4.69) is 43.4 Å². The molecule has 0 saturated heterocycles. The van der Waals surface area contributed by atoms with Crippen LogP contribution in [0.2, 0.25) is 0 Å². The quantitative estimate of drug-likeness (QED) is 0.348. The van der Waals surface area contributed by atoms with Gasteiger partial charge in [0, 0.05) is 34.6 Å². The predicted octanol–water partition coefficient (Wildman–Crippen LogP) is 6.27. The van der Waals surface area contributed by atoms with Crippen LogP contribution in [0, 0.1) is 19.8 Å². The van der Waals surface area contributed by atoms with Crippen LogP contribution >= 0.6 is 0 Å². The fourth-order valence-corrected chi connectivity index (χ4v) is 4.21. The largest absolute Gasteiger partial charge is 0.489 e. The Hall–Kier alpha value is -3.87. The van der Waals surface area contributed by atoms with E-state index in [-0.39, 0.29) is 13.2 Å². The van der Waals surface area contributed by atoms with Gasteiger partial charge in [-0.05, 0) is 76.3 Å². The van der Waals surface area contributed by atoms with Gasteiger partial charge in [0.25, 0.3) is 0 Å². The number of carbonyl (C=O) groups excluding carboxylic acids is 2. The molecule has 1 aromatic heterocycles. The van der Waals surface area contributed by atoms with Gasteiger partial charge in [-0.15, -0.1) is 0 Å². The topological polar surface area (TPSA) is 104 Å². The maximum absolute atomic E-state index is 12.6. The molecule has 1 heterocycles. The highest BCUT2D eigenvalue weighted by Crippen LogP contribution is 2.34. The van der Waals surface area contributed by atoms with E-state index in [0.29, 0.717) is 17.2 Å². The zero-order valence-corrected chi connectivity index (χ0v) is 23.5. The Bertz CT molecular complexity index is 1290. The number of primary amides is 1. The molecule has 2 aromatic carbocycles. The normalized spacial score (nSPS) is 11.4. The van der Waals surface area contributed by atoms with Crippen LogP contribution in [0.25, 0.3) is 11.1 Å². The van der Waals surface area contributed by atoms with Crippen LogP contribution in [0.15, 0.2) is 48.5 Å². The first-order valence-corrected chi connectivity index (χ1v) is 12.9. The molecular formula is C31H39N3O4. The molecule has 0 bridgehead atoms. The van der Waals surface area contributed by atoms with Gasteiger partial charge in [0.05, 0.1) is 0 Å². The van der Waals surface area contributed by atoms with Crippen LogP contribution in [-0.2, 0) is 24.3 Å². The van der Waals surface area contributed by atoms with Gasteiger partial charge in [0.2, 0.25) is 5.91 Å². The number of benzene rings is 2. The van der Waals surface area contributed by atoms with Crippen LogP contribution in [-0.4, -0.2) is 22.6 Å². The lowest BCUT2D eigenvalue weighted by Gasteiger charge is -2.24. The monoisotopic (exact) mass is 517 g/mol. The van der Waals surface area contributed by atoms with Gasteiger partial charge >= 0.3 is 6.09 Å². The van der Waals surface area contributed by atoms with Crippen molar-refractivity contribution in [3.63, 3.8) is 0 Å². The fourth-order valence-electron chi connectivity index (χ4n) is 4.21. The summed E-state index contributed by atoms with van der Waals surface area (Å²) in [5.41, 5.74) is 12.0. The van der Waals surface area contributed by atoms with E-state index < -0.39 is 17.6 Å². The van der Waals surface area contributed by atoms with E-state index in [9.17, 15) is 9.59 Å². The van der Waals surface area contributed by atoms with Crippen molar-refractivity contribution in [3.8, 4) is 16.9 Å². The number of alkyl carbamates (subject to hydrolysis) is 1. The summed E-state index contributed by atoms with van der Waals surface area (Å²) in [5, 5.41) is 2.94. The van der Waals surface area contributed by atoms with Crippen LogP contribution in [0.5, 0.6) is 5.75 Å². The van der Waals surface area contributed by atoms with Gasteiger partial charge in [0.15, 0.2) is 0 Å². The SMILES string of the molecule is Cc1ccc(-c2c(COc3cccc(C(N)=O)c3)c(C)nc(CC(C)C)c2CNC(=O)OC(C)(C)C)cc1. The van der Waals surface area contributed by atoms with Crippen molar-refractivity contribution in [3.05, 3.63) is 82.2 Å². The Morgan fingerprint density at radius 3 is 2.32 bits per heavy atom. The molecule has 0 aliphatic rings. The molecule has 0 aliphatic heterocycles. The Morgan fingerprint density at radius 1 is 1.03 bits per heavy atom. The smallest absolute Gasteiger partial charge is 0.407 e. The van der Waals surface area contributed by atoms with Gasteiger partial charge in [0.1, 0.15) is 18.0 Å². The molecule has 7 nitrogen and oxygen atoms in total. The molecule has 202 valence electrons. The number of rotatable bonds is 9. The van der Waals surface area contributed by atoms with Gasteiger partial charge in [-0.25, -0.2) is 4.79 Å². The lowest BCUT2D eigenvalue weighted by Crippen LogP contribution is -2.32. The van der Waals surface area contributed by atoms with Crippen LogP contribution in [0.1, 0.15) is 73.1 Å². The molecule has 0 aliphatic carbocycles. The van der Waals surface area contributed by atoms with Crippen molar-refractivity contribution < 1.29 is 19.1 Å². The van der Waals surface area contributed by atoms with E-state index in [1.54, 1.807) is 24.3 Å². The number of hydrogen-bond donors (Lipinski definition) is 2. The van der Waals surface area contributed by atoms with E-state index in [0.717, 1.165) is 45.6 Å². The van der Waals surface area contributed by atoms with Gasteiger partial charge < -0.3 is 20.5 Å². The Kier molecular flexibility index (Phi) is 9.15. The Labute approximate surface area is 225 Å². The fraction of sp³-hybridized carbons (Fsp3) is 0.387. The molecule has 38 heavy (non-hydrogen) atoms. The maximum atomic E-state index is 12.6. The summed E-state index contributed by atoms with van der Waals surface area (Å²) in [6, 6.07) is 15.1. The summed E-state index contributed by atoms with van der Waals surface area (Å²) in [6.07, 6.45) is 0.275. The van der Waals surface area contributed by atoms with Crippen LogP contribution < -0.4 is 15.8 Å². The molecule has 0 fully saturated rings. The van der Waals surface area contributed by atoms with Crippen molar-refractivity contribution in [2.75, 3.05) is 0 Å². The number of nitrogens with one attached hydrogen (secondary N) is 1. The molecule has 0 unspecified atom stereocenters. The highest BCUT2D eigenvalue weighted by molar-refractivity contribution is 5.93. The lowest BCUT2D eigenvalue weighted by atomic mass is 9.90. The molecule has 3 N–H and O–H groups in total. The molecule has 0 saturated carbocycles. The average Bonchev–Trinajstić information content (AvgIpc) is 2.81. The van der Waals surface area contributed by atoms with Crippen molar-refractivity contribution in [1.82, 2.24) is 10.3 Å². The standard InChI is InChI=1S/C31H39N3O4/c1-19(2)15-27-25(17-33-30(36)38-31(5,6)7)28(22-13-11-20(3)12-14-22)26(21(4)34-27)18-37-24-10-8-9-23(16-24)29(32)35/h8-14,16,19H,15,17-18H2,1-7H3,(H2,32,35)(H,33,36). The zero-order chi connectivity index (χ0) is 28.0. The summed E-state index contributed by atoms with van der Waals surface area (Å²) in [4.78, 5) is 29.2. The minimum Gasteiger partial charge on any atom is -0.489 e. The first-order chi connectivity index (χ1) is 17.8. The van der Waals surface area contributed by atoms with Crippen molar-refractivity contribution in [1.29, 1.82) is 0 Å². The second kappa shape index (κ2) is 12.1. The molecular weight excluding hydrogens is 478 g/mol. The first kappa shape index (κ1) is 28.7. The number of nitrogens with zero attached hydrogens (tertiary/aromatic N) is 1. The highest BCUT2D eigenvalue weighted by Gasteiger charge is 2.22. The molecule has 3 aromatic rings. The second-order valence-electron chi connectivity index (χ2n) is 11.0. The number of ether oxygens (including phenoxy) is 2. The second-order valence-corrected chi connectivity index (χ2v) is 11.0. The van der Waals surface area contributed by atoms with Crippen molar-refractivity contribution >= 4 is 12.0 Å². The Balaban J connectivity index is 2.10. The number of carbonyl (C=O) groups is 2. The third-order valence-electron chi connectivity index (χ3n) is 5.94. The summed E-state index contributed by atoms with van der Waals surface area (Å²) < 4.78 is 11.7. The average molecular weight is 518 g/mol. The van der Waals surface area contributed by atoms with Crippen LogP contribution in [0.4, 0.5) is 4.79 Å². The van der Waals surface area contributed by atoms with Gasteiger partial charge in [-0.2, -0.15) is 0 Å². The van der Waals surface area contributed by atoms with Gasteiger partial charge in [-0.3, -0.25) is 9.78 Å². The number of pyridine rings is 1. The number of amides is 2. The molecule has 2 amide bonds. The predicted molar refractivity (Wildman–Crippen MR) is 150 cm³/mol. The van der Waals surface area contributed by atoms with Crippen molar-refractivity contribution in [2.24, 2.45) is 11.7 Å². The number of aryl methyl sites for hydroxylation is 2. The third kappa shape index (κ3) is 7.81. The summed E-state index contributed by atoms with van der Waals surface area (Å²) in [6.45, 7) is 14.3. The minimum atomic E-state index is -0.603. The number of nitrogens with two attached hydrogens (primary N) is 1. The minimum absolute atomic E-state index is 0.228. The Morgan fingerprint density at radius 2 is 1.71 bits per heavy atom. The molecule has 3 rings (SSSR count). The van der Waals surface area contributed by atoms with E-state index in [1.165, 1.54) is 0 Å². The summed E-state index contributed by atoms with van der Waals surface area (Å²) in [5.74, 6) is 0.393. The van der Waals surface area contributed by atoms with E-state index in [1.807, 2.05) is 34.6 Å². The lowest BCUT2D eigenvalue weighted by molar-refractivity contribution is 0.0523. The molecule has 0 atom stereocenters. The van der Waals surface area contributed by atoms with Crippen molar-refractivity contribution in [2.45, 2.75) is 73.6 Å². The van der Waals surface area contributed by atoms with Crippen LogP contribution in [0.3, 0.4) is 0 Å².